The lowest BCUT2D eigenvalue weighted by molar-refractivity contribution is 0.112. The predicted octanol–water partition coefficient (Wildman–Crippen LogP) is 1.37. The Morgan fingerprint density at radius 3 is 2.84 bits per heavy atom. The standard InChI is InChI=1S/C11H11BrN4O3/c1-16-14-10(13-15-16)6-19-11-8(12)3-7(5-17)4-9(11)18-2/h3-5H,6H2,1-2H3. The van der Waals surface area contributed by atoms with Gasteiger partial charge in [-0.25, -0.2) is 0 Å². The molecule has 2 aromatic rings. The maximum absolute atomic E-state index is 10.8. The summed E-state index contributed by atoms with van der Waals surface area (Å²) < 4.78 is 11.4. The lowest BCUT2D eigenvalue weighted by Crippen LogP contribution is -2.02. The minimum atomic E-state index is 0.156. The zero-order chi connectivity index (χ0) is 13.8. The monoisotopic (exact) mass is 326 g/mol. The number of rotatable bonds is 5. The van der Waals surface area contributed by atoms with Gasteiger partial charge < -0.3 is 9.47 Å². The molecule has 0 amide bonds. The molecule has 0 saturated heterocycles. The number of tetrazole rings is 1. The van der Waals surface area contributed by atoms with Gasteiger partial charge in [-0.1, -0.05) is 0 Å². The average Bonchev–Trinajstić information content (AvgIpc) is 2.82. The van der Waals surface area contributed by atoms with Crippen molar-refractivity contribution in [2.45, 2.75) is 6.61 Å². The van der Waals surface area contributed by atoms with E-state index in [-0.39, 0.29) is 6.61 Å². The summed E-state index contributed by atoms with van der Waals surface area (Å²) in [6.07, 6.45) is 0.737. The number of aldehydes is 1. The van der Waals surface area contributed by atoms with Crippen LogP contribution in [0.2, 0.25) is 0 Å². The fourth-order valence-electron chi connectivity index (χ4n) is 1.47. The molecule has 19 heavy (non-hydrogen) atoms. The lowest BCUT2D eigenvalue weighted by Gasteiger charge is -2.11. The SMILES string of the molecule is COc1cc(C=O)cc(Br)c1OCc1nnn(C)n1. The summed E-state index contributed by atoms with van der Waals surface area (Å²) in [5.41, 5.74) is 0.494. The second kappa shape index (κ2) is 5.79. The number of nitrogens with zero attached hydrogens (tertiary/aromatic N) is 4. The summed E-state index contributed by atoms with van der Waals surface area (Å²) in [6.45, 7) is 0.156. The van der Waals surface area contributed by atoms with E-state index >= 15 is 0 Å². The summed E-state index contributed by atoms with van der Waals surface area (Å²) in [4.78, 5) is 12.1. The average molecular weight is 327 g/mol. The van der Waals surface area contributed by atoms with Crippen LogP contribution < -0.4 is 9.47 Å². The van der Waals surface area contributed by atoms with Crippen LogP contribution in [-0.4, -0.2) is 33.6 Å². The van der Waals surface area contributed by atoms with Crippen LogP contribution in [-0.2, 0) is 13.7 Å². The molecular weight excluding hydrogens is 316 g/mol. The molecular formula is C11H11BrN4O3. The van der Waals surface area contributed by atoms with Gasteiger partial charge in [-0.3, -0.25) is 4.79 Å². The number of methoxy groups -OCH3 is 1. The molecule has 0 atom stereocenters. The molecule has 1 heterocycles. The van der Waals surface area contributed by atoms with Crippen LogP contribution in [0.25, 0.3) is 0 Å². The Bertz CT molecular complexity index is 600. The first-order valence-corrected chi connectivity index (χ1v) is 6.11. The molecule has 0 radical (unpaired) electrons. The molecule has 0 N–H and O–H groups in total. The largest absolute Gasteiger partial charge is 0.493 e. The van der Waals surface area contributed by atoms with Gasteiger partial charge in [-0.05, 0) is 33.3 Å². The van der Waals surface area contributed by atoms with Gasteiger partial charge in [0.2, 0.25) is 5.82 Å². The number of aromatic nitrogens is 4. The first-order chi connectivity index (χ1) is 9.13. The second-order valence-corrected chi connectivity index (χ2v) is 4.49. The third-order valence-corrected chi connectivity index (χ3v) is 2.87. The smallest absolute Gasteiger partial charge is 0.212 e. The molecule has 7 nitrogen and oxygen atoms in total. The maximum atomic E-state index is 10.8. The molecule has 0 bridgehead atoms. The highest BCUT2D eigenvalue weighted by molar-refractivity contribution is 9.10. The maximum Gasteiger partial charge on any atom is 0.212 e. The van der Waals surface area contributed by atoms with Crippen LogP contribution in [0.5, 0.6) is 11.5 Å². The van der Waals surface area contributed by atoms with E-state index in [0.29, 0.717) is 27.4 Å². The number of carbonyl (C=O) groups is 1. The molecule has 0 unspecified atom stereocenters. The van der Waals surface area contributed by atoms with Crippen molar-refractivity contribution in [3.05, 3.63) is 28.0 Å². The Morgan fingerprint density at radius 2 is 2.26 bits per heavy atom. The van der Waals surface area contributed by atoms with Crippen LogP contribution in [0.3, 0.4) is 0 Å². The van der Waals surface area contributed by atoms with Crippen LogP contribution in [0.4, 0.5) is 0 Å². The highest BCUT2D eigenvalue weighted by Gasteiger charge is 2.13. The summed E-state index contributed by atoms with van der Waals surface area (Å²) >= 11 is 3.33. The molecule has 1 aromatic heterocycles. The number of hydrogen-bond donors (Lipinski definition) is 0. The number of hydrogen-bond acceptors (Lipinski definition) is 6. The van der Waals surface area contributed by atoms with Gasteiger partial charge in [-0.2, -0.15) is 4.80 Å². The van der Waals surface area contributed by atoms with E-state index < -0.39 is 0 Å². The number of aryl methyl sites for hydroxylation is 1. The normalized spacial score (nSPS) is 10.3. The number of ether oxygens (including phenoxy) is 2. The van der Waals surface area contributed by atoms with Gasteiger partial charge in [-0.15, -0.1) is 10.2 Å². The second-order valence-electron chi connectivity index (χ2n) is 3.64. The van der Waals surface area contributed by atoms with Crippen LogP contribution >= 0.6 is 15.9 Å². The van der Waals surface area contributed by atoms with Crippen LogP contribution in [0.1, 0.15) is 16.2 Å². The molecule has 0 fully saturated rings. The van der Waals surface area contributed by atoms with Crippen molar-refractivity contribution in [1.82, 2.24) is 20.2 Å². The van der Waals surface area contributed by atoms with Gasteiger partial charge in [0.15, 0.2) is 18.1 Å². The molecule has 1 aromatic carbocycles. The van der Waals surface area contributed by atoms with E-state index in [9.17, 15) is 4.79 Å². The predicted molar refractivity (Wildman–Crippen MR) is 69.2 cm³/mol. The molecule has 0 aliphatic rings. The first-order valence-electron chi connectivity index (χ1n) is 5.32. The van der Waals surface area contributed by atoms with E-state index in [0.717, 1.165) is 6.29 Å². The Morgan fingerprint density at radius 1 is 1.47 bits per heavy atom. The van der Waals surface area contributed by atoms with Crippen molar-refractivity contribution >= 4 is 22.2 Å². The molecule has 100 valence electrons. The molecule has 0 aliphatic heterocycles. The van der Waals surface area contributed by atoms with Crippen molar-refractivity contribution in [3.63, 3.8) is 0 Å². The van der Waals surface area contributed by atoms with Crippen molar-refractivity contribution < 1.29 is 14.3 Å². The number of carbonyl (C=O) groups excluding carboxylic acids is 1. The van der Waals surface area contributed by atoms with E-state index in [4.69, 9.17) is 9.47 Å². The van der Waals surface area contributed by atoms with Crippen LogP contribution in [0.15, 0.2) is 16.6 Å². The van der Waals surface area contributed by atoms with E-state index in [1.54, 1.807) is 19.2 Å². The third-order valence-electron chi connectivity index (χ3n) is 2.28. The fraction of sp³-hybridized carbons (Fsp3) is 0.273. The summed E-state index contributed by atoms with van der Waals surface area (Å²) in [6, 6.07) is 3.24. The Balaban J connectivity index is 2.21. The molecule has 2 rings (SSSR count). The number of benzene rings is 1. The first kappa shape index (κ1) is 13.5. The van der Waals surface area contributed by atoms with Crippen molar-refractivity contribution in [2.24, 2.45) is 7.05 Å². The van der Waals surface area contributed by atoms with Gasteiger partial charge in [0.25, 0.3) is 0 Å². The van der Waals surface area contributed by atoms with Gasteiger partial charge in [0.05, 0.1) is 18.6 Å². The van der Waals surface area contributed by atoms with Crippen molar-refractivity contribution in [3.8, 4) is 11.5 Å². The minimum Gasteiger partial charge on any atom is -0.493 e. The zero-order valence-electron chi connectivity index (χ0n) is 10.3. The third kappa shape index (κ3) is 3.08. The summed E-state index contributed by atoms with van der Waals surface area (Å²) in [5.74, 6) is 1.40. The number of halogens is 1. The van der Waals surface area contributed by atoms with Gasteiger partial charge >= 0.3 is 0 Å². The highest BCUT2D eigenvalue weighted by atomic mass is 79.9. The lowest BCUT2D eigenvalue weighted by atomic mass is 10.2. The van der Waals surface area contributed by atoms with Crippen LogP contribution in [0, 0.1) is 0 Å². The Labute approximate surface area is 117 Å². The molecule has 0 aliphatic carbocycles. The van der Waals surface area contributed by atoms with E-state index in [2.05, 4.69) is 31.3 Å². The van der Waals surface area contributed by atoms with Gasteiger partial charge in [0.1, 0.15) is 6.29 Å². The summed E-state index contributed by atoms with van der Waals surface area (Å²) in [5, 5.41) is 11.5. The highest BCUT2D eigenvalue weighted by Crippen LogP contribution is 2.36. The quantitative estimate of drug-likeness (QED) is 0.772. The van der Waals surface area contributed by atoms with E-state index in [1.165, 1.54) is 11.9 Å². The van der Waals surface area contributed by atoms with E-state index in [1.807, 2.05) is 0 Å². The topological polar surface area (TPSA) is 79.1 Å². The molecule has 0 spiro atoms. The Kier molecular flexibility index (Phi) is 4.10. The molecule has 8 heteroatoms. The zero-order valence-corrected chi connectivity index (χ0v) is 11.9. The minimum absolute atomic E-state index is 0.156. The molecule has 0 saturated carbocycles. The van der Waals surface area contributed by atoms with Crippen molar-refractivity contribution in [2.75, 3.05) is 7.11 Å². The van der Waals surface area contributed by atoms with Crippen molar-refractivity contribution in [1.29, 1.82) is 0 Å². The summed E-state index contributed by atoms with van der Waals surface area (Å²) in [7, 11) is 3.18. The fourth-order valence-corrected chi connectivity index (χ4v) is 2.04. The Hall–Kier alpha value is -1.96. The van der Waals surface area contributed by atoms with Gasteiger partial charge in [0, 0.05) is 5.56 Å².